The van der Waals surface area contributed by atoms with Crippen LogP contribution in [0, 0.1) is 11.8 Å². The Morgan fingerprint density at radius 2 is 2.27 bits per heavy atom. The van der Waals surface area contributed by atoms with Crippen molar-refractivity contribution in [3.63, 3.8) is 0 Å². The molecule has 1 aliphatic rings. The average Bonchev–Trinajstić information content (AvgIpc) is 2.13. The first-order chi connectivity index (χ1) is 7.04. The number of rotatable bonds is 2. The van der Waals surface area contributed by atoms with Crippen molar-refractivity contribution in [1.29, 1.82) is 0 Å². The van der Waals surface area contributed by atoms with Gasteiger partial charge in [-0.1, -0.05) is 20.4 Å². The lowest BCUT2D eigenvalue weighted by Crippen LogP contribution is -2.16. The summed E-state index contributed by atoms with van der Waals surface area (Å²) in [6.45, 7) is 10.7. The smallest absolute Gasteiger partial charge is 0.331 e. The molecule has 1 aliphatic carbocycles. The predicted molar refractivity (Wildman–Crippen MR) is 61.4 cm³/mol. The highest BCUT2D eigenvalue weighted by Gasteiger charge is 2.23. The number of allylic oxidation sites excluding steroid dienone is 2. The molecule has 0 heterocycles. The van der Waals surface area contributed by atoms with Gasteiger partial charge >= 0.3 is 5.97 Å². The molecule has 0 bridgehead atoms. The molecule has 0 aliphatic heterocycles. The second-order valence-electron chi connectivity index (χ2n) is 4.39. The lowest BCUT2D eigenvalue weighted by atomic mass is 9.77. The highest BCUT2D eigenvalue weighted by atomic mass is 16.5. The van der Waals surface area contributed by atoms with Gasteiger partial charge in [0, 0.05) is 6.08 Å². The van der Waals surface area contributed by atoms with E-state index >= 15 is 0 Å². The molecule has 0 N–H and O–H groups in total. The first-order valence-electron chi connectivity index (χ1n) is 5.61. The molecular weight excluding hydrogens is 188 g/mol. The minimum atomic E-state index is -0.241. The third-order valence-corrected chi connectivity index (χ3v) is 2.91. The van der Waals surface area contributed by atoms with E-state index < -0.39 is 0 Å². The van der Waals surface area contributed by atoms with E-state index in [9.17, 15) is 4.79 Å². The number of ether oxygens (including phenoxy) is 1. The lowest BCUT2D eigenvalue weighted by molar-refractivity contribution is -0.137. The van der Waals surface area contributed by atoms with Crippen molar-refractivity contribution in [2.75, 3.05) is 6.61 Å². The molecule has 0 aromatic heterocycles. The van der Waals surface area contributed by atoms with Crippen molar-refractivity contribution in [3.8, 4) is 0 Å². The summed E-state index contributed by atoms with van der Waals surface area (Å²) in [7, 11) is 0. The molecular formula is C13H20O2. The number of esters is 1. The molecule has 0 aromatic carbocycles. The van der Waals surface area contributed by atoms with Gasteiger partial charge in [-0.05, 0) is 42.7 Å². The van der Waals surface area contributed by atoms with Gasteiger partial charge in [0.1, 0.15) is 0 Å². The van der Waals surface area contributed by atoms with E-state index in [0.29, 0.717) is 18.4 Å². The lowest BCUT2D eigenvalue weighted by Gasteiger charge is -2.28. The molecule has 1 saturated carbocycles. The monoisotopic (exact) mass is 208 g/mol. The first-order valence-corrected chi connectivity index (χ1v) is 5.61. The van der Waals surface area contributed by atoms with Gasteiger partial charge in [-0.2, -0.15) is 0 Å². The molecule has 0 aromatic rings. The Labute approximate surface area is 92.0 Å². The molecule has 2 heteroatoms. The van der Waals surface area contributed by atoms with E-state index in [1.54, 1.807) is 6.08 Å². The van der Waals surface area contributed by atoms with Gasteiger partial charge in [-0.3, -0.25) is 0 Å². The summed E-state index contributed by atoms with van der Waals surface area (Å²) in [6, 6.07) is 0. The molecule has 84 valence electrons. The van der Waals surface area contributed by atoms with E-state index in [1.165, 1.54) is 6.42 Å². The zero-order valence-corrected chi connectivity index (χ0v) is 9.88. The molecule has 0 saturated heterocycles. The maximum atomic E-state index is 11.3. The second kappa shape index (κ2) is 5.15. The second-order valence-corrected chi connectivity index (χ2v) is 4.39. The Hall–Kier alpha value is -1.05. The Morgan fingerprint density at radius 3 is 2.87 bits per heavy atom. The number of carbonyl (C=O) groups is 1. The molecule has 15 heavy (non-hydrogen) atoms. The van der Waals surface area contributed by atoms with Crippen LogP contribution >= 0.6 is 0 Å². The fraction of sp³-hybridized carbons (Fsp3) is 0.615. The van der Waals surface area contributed by atoms with Crippen LogP contribution in [0.5, 0.6) is 0 Å². The highest BCUT2D eigenvalue weighted by Crippen LogP contribution is 2.35. The highest BCUT2D eigenvalue weighted by molar-refractivity contribution is 5.83. The minimum Gasteiger partial charge on any atom is -0.463 e. The summed E-state index contributed by atoms with van der Waals surface area (Å²) in [5.74, 6) is 0.871. The molecule has 1 fully saturated rings. The SMILES string of the molecule is C=C1/C(=C\C(=O)OCC)C[C@@H](C)C[C@@H]1C. The van der Waals surface area contributed by atoms with Gasteiger partial charge in [-0.25, -0.2) is 4.79 Å². The Balaban J connectivity index is 2.74. The van der Waals surface area contributed by atoms with Gasteiger partial charge in [0.25, 0.3) is 0 Å². The number of hydrogen-bond acceptors (Lipinski definition) is 2. The van der Waals surface area contributed by atoms with Crippen LogP contribution in [-0.4, -0.2) is 12.6 Å². The van der Waals surface area contributed by atoms with Gasteiger partial charge in [-0.15, -0.1) is 0 Å². The molecule has 1 rings (SSSR count). The van der Waals surface area contributed by atoms with Crippen molar-refractivity contribution in [2.24, 2.45) is 11.8 Å². The fourth-order valence-corrected chi connectivity index (χ4v) is 2.13. The molecule has 0 unspecified atom stereocenters. The van der Waals surface area contributed by atoms with Crippen LogP contribution in [0.25, 0.3) is 0 Å². The summed E-state index contributed by atoms with van der Waals surface area (Å²) in [5.41, 5.74) is 2.17. The third kappa shape index (κ3) is 3.22. The Kier molecular flexibility index (Phi) is 4.13. The summed E-state index contributed by atoms with van der Waals surface area (Å²) >= 11 is 0. The minimum absolute atomic E-state index is 0.241. The number of carbonyl (C=O) groups excluding carboxylic acids is 1. The summed E-state index contributed by atoms with van der Waals surface area (Å²) in [5, 5.41) is 0. The summed E-state index contributed by atoms with van der Waals surface area (Å²) in [6.07, 6.45) is 3.72. The van der Waals surface area contributed by atoms with Crippen LogP contribution in [0.4, 0.5) is 0 Å². The standard InChI is InChI=1S/C13H20O2/c1-5-15-13(14)8-12-7-9(2)6-10(3)11(12)4/h8-10H,4-7H2,1-3H3/b12-8-/t9-,10-/m0/s1. The maximum absolute atomic E-state index is 11.3. The molecule has 2 nitrogen and oxygen atoms in total. The zero-order chi connectivity index (χ0) is 11.4. The predicted octanol–water partition coefficient (Wildman–Crippen LogP) is 3.10. The van der Waals surface area contributed by atoms with Gasteiger partial charge in [0.2, 0.25) is 0 Å². The molecule has 0 radical (unpaired) electrons. The Morgan fingerprint density at radius 1 is 1.60 bits per heavy atom. The van der Waals surface area contributed by atoms with Gasteiger partial charge in [0.15, 0.2) is 0 Å². The zero-order valence-electron chi connectivity index (χ0n) is 9.88. The summed E-state index contributed by atoms with van der Waals surface area (Å²) < 4.78 is 4.91. The largest absolute Gasteiger partial charge is 0.463 e. The van der Waals surface area contributed by atoms with Crippen molar-refractivity contribution in [3.05, 3.63) is 23.8 Å². The van der Waals surface area contributed by atoms with E-state index in [2.05, 4.69) is 20.4 Å². The van der Waals surface area contributed by atoms with Crippen LogP contribution < -0.4 is 0 Å². The van der Waals surface area contributed by atoms with Crippen molar-refractivity contribution in [2.45, 2.75) is 33.6 Å². The Bertz CT molecular complexity index is 289. The van der Waals surface area contributed by atoms with Crippen LogP contribution in [-0.2, 0) is 9.53 Å². The number of hydrogen-bond donors (Lipinski definition) is 0. The van der Waals surface area contributed by atoms with E-state index in [0.717, 1.165) is 17.6 Å². The van der Waals surface area contributed by atoms with E-state index in [1.807, 2.05) is 6.92 Å². The van der Waals surface area contributed by atoms with Crippen LogP contribution in [0.1, 0.15) is 33.6 Å². The summed E-state index contributed by atoms with van der Waals surface area (Å²) in [4.78, 5) is 11.3. The van der Waals surface area contributed by atoms with Crippen LogP contribution in [0.2, 0.25) is 0 Å². The van der Waals surface area contributed by atoms with E-state index in [-0.39, 0.29) is 5.97 Å². The normalized spacial score (nSPS) is 29.3. The van der Waals surface area contributed by atoms with Gasteiger partial charge < -0.3 is 4.74 Å². The van der Waals surface area contributed by atoms with Crippen molar-refractivity contribution >= 4 is 5.97 Å². The van der Waals surface area contributed by atoms with Crippen molar-refractivity contribution in [1.82, 2.24) is 0 Å². The molecule has 0 amide bonds. The average molecular weight is 208 g/mol. The molecule has 2 atom stereocenters. The quantitative estimate of drug-likeness (QED) is 0.515. The topological polar surface area (TPSA) is 26.3 Å². The van der Waals surface area contributed by atoms with Gasteiger partial charge in [0.05, 0.1) is 6.61 Å². The fourth-order valence-electron chi connectivity index (χ4n) is 2.13. The van der Waals surface area contributed by atoms with Crippen molar-refractivity contribution < 1.29 is 9.53 Å². The maximum Gasteiger partial charge on any atom is 0.331 e. The van der Waals surface area contributed by atoms with Crippen LogP contribution in [0.3, 0.4) is 0 Å². The first kappa shape index (κ1) is 12.0. The third-order valence-electron chi connectivity index (χ3n) is 2.91. The van der Waals surface area contributed by atoms with E-state index in [4.69, 9.17) is 4.74 Å². The van der Waals surface area contributed by atoms with Crippen LogP contribution in [0.15, 0.2) is 23.8 Å². The molecule has 0 spiro atoms.